The predicted molar refractivity (Wildman–Crippen MR) is 134 cm³/mol. The largest absolute Gasteiger partial charge is 0.497 e. The maximum atomic E-state index is 12.8. The number of benzene rings is 2. The number of thioether (sulfide) groups is 1. The number of carbonyl (C=O) groups excluding carboxylic acids is 2. The first-order valence-electron chi connectivity index (χ1n) is 10.9. The van der Waals surface area contributed by atoms with Crippen LogP contribution in [-0.4, -0.2) is 39.4 Å². The first-order valence-corrected chi connectivity index (χ1v) is 11.9. The molecule has 2 N–H and O–H groups in total. The number of aromatic nitrogens is 3. The van der Waals surface area contributed by atoms with E-state index in [1.807, 2.05) is 48.7 Å². The zero-order valence-electron chi connectivity index (χ0n) is 19.5. The summed E-state index contributed by atoms with van der Waals surface area (Å²) in [6, 6.07) is 15.9. The Morgan fingerprint density at radius 1 is 1.15 bits per heavy atom. The molecule has 9 heteroatoms. The molecule has 8 nitrogen and oxygen atoms in total. The Bertz CT molecular complexity index is 1130. The number of anilines is 1. The van der Waals surface area contributed by atoms with Gasteiger partial charge in [0.25, 0.3) is 5.91 Å². The van der Waals surface area contributed by atoms with Crippen LogP contribution in [0.5, 0.6) is 5.75 Å². The van der Waals surface area contributed by atoms with Crippen LogP contribution in [0.1, 0.15) is 36.1 Å². The Morgan fingerprint density at radius 3 is 2.59 bits per heavy atom. The summed E-state index contributed by atoms with van der Waals surface area (Å²) in [5.74, 6) is 1.14. The molecule has 178 valence electrons. The van der Waals surface area contributed by atoms with Gasteiger partial charge in [-0.05, 0) is 30.2 Å². The van der Waals surface area contributed by atoms with Gasteiger partial charge < -0.3 is 19.9 Å². The van der Waals surface area contributed by atoms with E-state index in [0.29, 0.717) is 34.5 Å². The summed E-state index contributed by atoms with van der Waals surface area (Å²) >= 11 is 1.28. The van der Waals surface area contributed by atoms with Crippen LogP contribution in [-0.2, 0) is 11.3 Å². The minimum absolute atomic E-state index is 0.0645. The van der Waals surface area contributed by atoms with Crippen LogP contribution in [0.2, 0.25) is 0 Å². The van der Waals surface area contributed by atoms with Crippen LogP contribution >= 0.6 is 11.8 Å². The highest BCUT2D eigenvalue weighted by molar-refractivity contribution is 7.99. The second kappa shape index (κ2) is 12.0. The van der Waals surface area contributed by atoms with Gasteiger partial charge in [-0.2, -0.15) is 0 Å². The molecule has 0 aliphatic carbocycles. The average molecular weight is 480 g/mol. The van der Waals surface area contributed by atoms with Crippen molar-refractivity contribution in [2.24, 2.45) is 5.92 Å². The van der Waals surface area contributed by atoms with E-state index in [1.165, 1.54) is 11.8 Å². The number of nitrogens with zero attached hydrogens (tertiary/aromatic N) is 3. The van der Waals surface area contributed by atoms with Crippen molar-refractivity contribution in [3.05, 3.63) is 78.6 Å². The monoisotopic (exact) mass is 479 g/mol. The molecule has 0 aliphatic heterocycles. The van der Waals surface area contributed by atoms with Crippen LogP contribution in [0.25, 0.3) is 0 Å². The molecule has 0 saturated carbocycles. The lowest BCUT2D eigenvalue weighted by atomic mass is 10.0. The third-order valence-corrected chi connectivity index (χ3v) is 5.98. The van der Waals surface area contributed by atoms with Crippen molar-refractivity contribution < 1.29 is 14.3 Å². The second-order valence-corrected chi connectivity index (χ2v) is 8.81. The van der Waals surface area contributed by atoms with Gasteiger partial charge in [-0.1, -0.05) is 56.0 Å². The van der Waals surface area contributed by atoms with Crippen molar-refractivity contribution >= 4 is 29.3 Å². The third kappa shape index (κ3) is 6.48. The Kier molecular flexibility index (Phi) is 8.86. The molecular formula is C25H29N5O3S. The number of rotatable bonds is 11. The van der Waals surface area contributed by atoms with Gasteiger partial charge in [0.05, 0.1) is 18.9 Å². The lowest BCUT2D eigenvalue weighted by Gasteiger charge is -2.22. The van der Waals surface area contributed by atoms with Crippen LogP contribution in [0.15, 0.2) is 72.4 Å². The van der Waals surface area contributed by atoms with Gasteiger partial charge >= 0.3 is 0 Å². The lowest BCUT2D eigenvalue weighted by Crippen LogP contribution is -2.33. The van der Waals surface area contributed by atoms with Gasteiger partial charge in [-0.25, -0.2) is 0 Å². The van der Waals surface area contributed by atoms with E-state index in [9.17, 15) is 9.59 Å². The second-order valence-electron chi connectivity index (χ2n) is 7.87. The summed E-state index contributed by atoms with van der Waals surface area (Å²) in [4.78, 5) is 25.3. The molecular weight excluding hydrogens is 450 g/mol. The Hall–Kier alpha value is -3.59. The Morgan fingerprint density at radius 2 is 1.91 bits per heavy atom. The number of hydrogen-bond donors (Lipinski definition) is 2. The SMILES string of the molecule is C=CCn1c(SCC(=O)Nc2cccc(OC)c2)nnc1[C@H](NC(=O)c1ccccc1)C(C)C. The van der Waals surface area contributed by atoms with Gasteiger partial charge in [0, 0.05) is 23.9 Å². The summed E-state index contributed by atoms with van der Waals surface area (Å²) in [6.45, 7) is 8.31. The van der Waals surface area contributed by atoms with Crippen molar-refractivity contribution in [2.75, 3.05) is 18.2 Å². The number of nitrogens with one attached hydrogen (secondary N) is 2. The van der Waals surface area contributed by atoms with E-state index in [0.717, 1.165) is 0 Å². The normalized spacial score (nSPS) is 11.6. The quantitative estimate of drug-likeness (QED) is 0.314. The highest BCUT2D eigenvalue weighted by atomic mass is 32.2. The maximum absolute atomic E-state index is 12.8. The van der Waals surface area contributed by atoms with Gasteiger partial charge in [0.15, 0.2) is 11.0 Å². The molecule has 2 amide bonds. The maximum Gasteiger partial charge on any atom is 0.251 e. The fraction of sp³-hybridized carbons (Fsp3) is 0.280. The molecule has 0 spiro atoms. The van der Waals surface area contributed by atoms with E-state index in [-0.39, 0.29) is 29.5 Å². The molecule has 0 saturated heterocycles. The van der Waals surface area contributed by atoms with E-state index in [4.69, 9.17) is 4.74 Å². The molecule has 3 aromatic rings. The molecule has 0 aliphatic rings. The van der Waals surface area contributed by atoms with E-state index < -0.39 is 0 Å². The summed E-state index contributed by atoms with van der Waals surface area (Å²) < 4.78 is 7.07. The number of methoxy groups -OCH3 is 1. The van der Waals surface area contributed by atoms with Crippen molar-refractivity contribution in [1.29, 1.82) is 0 Å². The number of ether oxygens (including phenoxy) is 1. The number of allylic oxidation sites excluding steroid dienone is 1. The van der Waals surface area contributed by atoms with Crippen LogP contribution in [0, 0.1) is 5.92 Å². The highest BCUT2D eigenvalue weighted by Crippen LogP contribution is 2.26. The Labute approximate surface area is 203 Å². The molecule has 0 radical (unpaired) electrons. The van der Waals surface area contributed by atoms with Crippen LogP contribution in [0.3, 0.4) is 0 Å². The molecule has 3 rings (SSSR count). The van der Waals surface area contributed by atoms with Crippen LogP contribution < -0.4 is 15.4 Å². The lowest BCUT2D eigenvalue weighted by molar-refractivity contribution is -0.113. The van der Waals surface area contributed by atoms with Crippen LogP contribution in [0.4, 0.5) is 5.69 Å². The fourth-order valence-electron chi connectivity index (χ4n) is 3.31. The minimum Gasteiger partial charge on any atom is -0.497 e. The van der Waals surface area contributed by atoms with E-state index >= 15 is 0 Å². The zero-order chi connectivity index (χ0) is 24.5. The van der Waals surface area contributed by atoms with Crippen molar-refractivity contribution in [1.82, 2.24) is 20.1 Å². The number of amides is 2. The topological polar surface area (TPSA) is 98.1 Å². The highest BCUT2D eigenvalue weighted by Gasteiger charge is 2.26. The molecule has 0 bridgehead atoms. The standard InChI is InChI=1S/C25H29N5O3S/c1-5-14-30-23(22(17(2)3)27-24(32)18-10-7-6-8-11-18)28-29-25(30)34-16-21(31)26-19-12-9-13-20(15-19)33-4/h5-13,15,17,22H,1,14,16H2,2-4H3,(H,26,31)(H,27,32)/t22-/m1/s1. The molecule has 2 aromatic carbocycles. The summed E-state index contributed by atoms with van der Waals surface area (Å²) in [7, 11) is 1.58. The molecule has 1 heterocycles. The minimum atomic E-state index is -0.361. The van der Waals surface area contributed by atoms with E-state index in [2.05, 4.69) is 27.4 Å². The smallest absolute Gasteiger partial charge is 0.251 e. The number of carbonyl (C=O) groups is 2. The Balaban J connectivity index is 1.73. The summed E-state index contributed by atoms with van der Waals surface area (Å²) in [5, 5.41) is 15.2. The predicted octanol–water partition coefficient (Wildman–Crippen LogP) is 4.33. The first kappa shape index (κ1) is 25.0. The van der Waals surface area contributed by atoms with Gasteiger partial charge in [-0.15, -0.1) is 16.8 Å². The van der Waals surface area contributed by atoms with Gasteiger partial charge in [0.1, 0.15) is 5.75 Å². The fourth-order valence-corrected chi connectivity index (χ4v) is 4.06. The van der Waals surface area contributed by atoms with Crippen molar-refractivity contribution in [3.8, 4) is 5.75 Å². The zero-order valence-corrected chi connectivity index (χ0v) is 20.3. The molecule has 1 atom stereocenters. The molecule has 0 fully saturated rings. The average Bonchev–Trinajstić information content (AvgIpc) is 3.23. The van der Waals surface area contributed by atoms with Crippen molar-refractivity contribution in [3.63, 3.8) is 0 Å². The molecule has 0 unspecified atom stereocenters. The summed E-state index contributed by atoms with van der Waals surface area (Å²) in [6.07, 6.45) is 1.74. The first-order chi connectivity index (χ1) is 16.4. The summed E-state index contributed by atoms with van der Waals surface area (Å²) in [5.41, 5.74) is 1.23. The van der Waals surface area contributed by atoms with E-state index in [1.54, 1.807) is 37.5 Å². The van der Waals surface area contributed by atoms with Gasteiger partial charge in [0.2, 0.25) is 5.91 Å². The molecule has 1 aromatic heterocycles. The third-order valence-electron chi connectivity index (χ3n) is 5.01. The number of hydrogen-bond acceptors (Lipinski definition) is 6. The van der Waals surface area contributed by atoms with Crippen molar-refractivity contribution in [2.45, 2.75) is 31.6 Å². The van der Waals surface area contributed by atoms with Gasteiger partial charge in [-0.3, -0.25) is 9.59 Å². The molecule has 34 heavy (non-hydrogen) atoms.